The molecule has 0 aliphatic heterocycles. The second kappa shape index (κ2) is 38.8. The minimum atomic E-state index is -0.772. The Balaban J connectivity index is 3.53. The summed E-state index contributed by atoms with van der Waals surface area (Å²) in [5, 5.41) is 9.55. The van der Waals surface area contributed by atoms with Crippen LogP contribution in [0.25, 0.3) is 0 Å². The third kappa shape index (κ3) is 37.1. The average Bonchev–Trinajstić information content (AvgIpc) is 3.07. The molecule has 0 saturated carbocycles. The zero-order valence-corrected chi connectivity index (χ0v) is 31.3. The molecule has 1 atom stereocenters. The van der Waals surface area contributed by atoms with Gasteiger partial charge in [-0.15, -0.1) is 0 Å². The van der Waals surface area contributed by atoms with Crippen LogP contribution in [0.1, 0.15) is 213 Å². The van der Waals surface area contributed by atoms with E-state index in [1.165, 1.54) is 141 Å². The van der Waals surface area contributed by atoms with E-state index in [0.29, 0.717) is 12.8 Å². The molecule has 5 heteroatoms. The molecule has 0 fully saturated rings. The minimum absolute atomic E-state index is 0.0672. The van der Waals surface area contributed by atoms with Crippen molar-refractivity contribution in [3.63, 3.8) is 0 Å². The van der Waals surface area contributed by atoms with Crippen LogP contribution in [0, 0.1) is 0 Å². The van der Waals surface area contributed by atoms with E-state index in [1.54, 1.807) is 0 Å². The second-order valence-corrected chi connectivity index (χ2v) is 13.7. The predicted molar refractivity (Wildman–Crippen MR) is 201 cm³/mol. The number of allylic oxidation sites excluding steroid dienone is 4. The van der Waals surface area contributed by atoms with Gasteiger partial charge in [0.25, 0.3) is 0 Å². The van der Waals surface area contributed by atoms with E-state index in [0.717, 1.165) is 44.9 Å². The number of carbonyl (C=O) groups is 2. The monoisotopic (exact) mass is 663 g/mol. The molecule has 0 unspecified atom stereocenters. The smallest absolute Gasteiger partial charge is 0.306 e. The van der Waals surface area contributed by atoms with Gasteiger partial charge in [-0.3, -0.25) is 9.59 Å². The lowest BCUT2D eigenvalue weighted by Crippen LogP contribution is -2.28. The van der Waals surface area contributed by atoms with Crippen LogP contribution >= 0.6 is 0 Å². The normalized spacial score (nSPS) is 12.3. The van der Waals surface area contributed by atoms with Gasteiger partial charge in [-0.25, -0.2) is 0 Å². The Morgan fingerprint density at radius 1 is 0.468 bits per heavy atom. The SMILES string of the molecule is CCCCCCC/C=C/CCCCCCCC(=O)O[C@@H](CO)COC(=O)CCCCCCCCCCC/C=C/CCCCCCCC. The maximum absolute atomic E-state index is 12.2. The summed E-state index contributed by atoms with van der Waals surface area (Å²) in [6.45, 7) is 4.12. The molecule has 47 heavy (non-hydrogen) atoms. The van der Waals surface area contributed by atoms with Crippen LogP contribution in [0.4, 0.5) is 0 Å². The Kier molecular flexibility index (Phi) is 37.5. The van der Waals surface area contributed by atoms with E-state index in [9.17, 15) is 14.7 Å². The Labute approximate surface area is 292 Å². The van der Waals surface area contributed by atoms with E-state index < -0.39 is 6.10 Å². The third-order valence-corrected chi connectivity index (χ3v) is 8.97. The van der Waals surface area contributed by atoms with Gasteiger partial charge in [0.2, 0.25) is 0 Å². The van der Waals surface area contributed by atoms with E-state index >= 15 is 0 Å². The average molecular weight is 663 g/mol. The first kappa shape index (κ1) is 45.4. The number of carbonyl (C=O) groups excluding carboxylic acids is 2. The fourth-order valence-corrected chi connectivity index (χ4v) is 5.84. The maximum Gasteiger partial charge on any atom is 0.306 e. The van der Waals surface area contributed by atoms with Gasteiger partial charge in [0.15, 0.2) is 6.10 Å². The molecular formula is C42H78O5. The quantitative estimate of drug-likeness (QED) is 0.0407. The Morgan fingerprint density at radius 3 is 1.15 bits per heavy atom. The molecule has 0 rings (SSSR count). The molecule has 0 heterocycles. The molecule has 0 aliphatic rings. The number of esters is 2. The number of hydrogen-bond acceptors (Lipinski definition) is 5. The van der Waals surface area contributed by atoms with Crippen LogP contribution in [0.2, 0.25) is 0 Å². The lowest BCUT2D eigenvalue weighted by Gasteiger charge is -2.15. The summed E-state index contributed by atoms with van der Waals surface area (Å²) in [5.41, 5.74) is 0. The van der Waals surface area contributed by atoms with Gasteiger partial charge in [-0.2, -0.15) is 0 Å². The first-order chi connectivity index (χ1) is 23.1. The topological polar surface area (TPSA) is 72.8 Å². The largest absolute Gasteiger partial charge is 0.462 e. The van der Waals surface area contributed by atoms with Gasteiger partial charge in [-0.05, 0) is 64.2 Å². The second-order valence-electron chi connectivity index (χ2n) is 13.7. The lowest BCUT2D eigenvalue weighted by atomic mass is 10.1. The van der Waals surface area contributed by atoms with Gasteiger partial charge < -0.3 is 14.6 Å². The number of ether oxygens (including phenoxy) is 2. The molecule has 0 aromatic rings. The summed E-state index contributed by atoms with van der Waals surface area (Å²) in [5.74, 6) is -0.597. The first-order valence-corrected chi connectivity index (χ1v) is 20.4. The van der Waals surface area contributed by atoms with Crippen molar-refractivity contribution in [3.8, 4) is 0 Å². The van der Waals surface area contributed by atoms with E-state index in [1.807, 2.05) is 0 Å². The first-order valence-electron chi connectivity index (χ1n) is 20.4. The number of hydrogen-bond donors (Lipinski definition) is 1. The van der Waals surface area contributed by atoms with E-state index in [4.69, 9.17) is 9.47 Å². The molecular weight excluding hydrogens is 584 g/mol. The van der Waals surface area contributed by atoms with Crippen molar-refractivity contribution in [3.05, 3.63) is 24.3 Å². The Bertz CT molecular complexity index is 716. The van der Waals surface area contributed by atoms with Crippen molar-refractivity contribution >= 4 is 11.9 Å². The number of aliphatic hydroxyl groups excluding tert-OH is 1. The van der Waals surface area contributed by atoms with Crippen molar-refractivity contribution in [2.75, 3.05) is 13.2 Å². The minimum Gasteiger partial charge on any atom is -0.462 e. The standard InChI is InChI=1S/C42H78O5/c1-3-5-7-9-11-13-15-17-19-20-21-22-23-25-26-28-30-32-34-36-41(44)46-39-40(38-43)47-42(45)37-35-33-31-29-27-24-18-16-14-12-10-8-6-4-2/h16-19,40,43H,3-15,20-39H2,1-2H3/b18-16+,19-17+/t40-/m0/s1. The molecule has 1 N–H and O–H groups in total. The summed E-state index contributed by atoms with van der Waals surface area (Å²) >= 11 is 0. The highest BCUT2D eigenvalue weighted by molar-refractivity contribution is 5.70. The summed E-state index contributed by atoms with van der Waals surface area (Å²) in [7, 11) is 0. The predicted octanol–water partition coefficient (Wildman–Crippen LogP) is 12.7. The molecule has 0 aromatic heterocycles. The van der Waals surface area contributed by atoms with Crippen LogP contribution in [-0.2, 0) is 19.1 Å². The van der Waals surface area contributed by atoms with Crippen LogP contribution in [0.3, 0.4) is 0 Å². The molecule has 0 saturated heterocycles. The van der Waals surface area contributed by atoms with Crippen LogP contribution in [0.5, 0.6) is 0 Å². The van der Waals surface area contributed by atoms with Gasteiger partial charge in [-0.1, -0.05) is 160 Å². The van der Waals surface area contributed by atoms with E-state index in [2.05, 4.69) is 38.2 Å². The highest BCUT2D eigenvalue weighted by Crippen LogP contribution is 2.14. The van der Waals surface area contributed by atoms with E-state index in [-0.39, 0.29) is 25.2 Å². The van der Waals surface area contributed by atoms with Gasteiger partial charge >= 0.3 is 11.9 Å². The van der Waals surface area contributed by atoms with Crippen molar-refractivity contribution in [1.82, 2.24) is 0 Å². The van der Waals surface area contributed by atoms with Crippen molar-refractivity contribution < 1.29 is 24.2 Å². The summed E-state index contributed by atoms with van der Waals surface area (Å²) in [6, 6.07) is 0. The van der Waals surface area contributed by atoms with Crippen LogP contribution in [-0.4, -0.2) is 36.4 Å². The highest BCUT2D eigenvalue weighted by atomic mass is 16.6. The maximum atomic E-state index is 12.2. The molecule has 0 amide bonds. The number of unbranched alkanes of at least 4 members (excludes halogenated alkanes) is 25. The molecule has 276 valence electrons. The Morgan fingerprint density at radius 2 is 0.787 bits per heavy atom. The number of aliphatic hydroxyl groups is 1. The molecule has 0 aliphatic carbocycles. The fraction of sp³-hybridized carbons (Fsp3) is 0.857. The molecule has 0 spiro atoms. The number of rotatable bonds is 37. The zero-order valence-electron chi connectivity index (χ0n) is 31.3. The van der Waals surface area contributed by atoms with Crippen molar-refractivity contribution in [1.29, 1.82) is 0 Å². The lowest BCUT2D eigenvalue weighted by molar-refractivity contribution is -0.161. The van der Waals surface area contributed by atoms with Crippen molar-refractivity contribution in [2.24, 2.45) is 0 Å². The summed E-state index contributed by atoms with van der Waals surface area (Å²) < 4.78 is 10.6. The van der Waals surface area contributed by atoms with Crippen LogP contribution < -0.4 is 0 Å². The van der Waals surface area contributed by atoms with Gasteiger partial charge in [0.1, 0.15) is 6.61 Å². The van der Waals surface area contributed by atoms with Gasteiger partial charge in [0.05, 0.1) is 6.61 Å². The summed E-state index contributed by atoms with van der Waals surface area (Å²) in [6.07, 6.45) is 45.2. The Hall–Kier alpha value is -1.62. The molecule has 0 aromatic carbocycles. The summed E-state index contributed by atoms with van der Waals surface area (Å²) in [4.78, 5) is 24.2. The molecule has 5 nitrogen and oxygen atoms in total. The van der Waals surface area contributed by atoms with Gasteiger partial charge in [0, 0.05) is 12.8 Å². The molecule has 0 bridgehead atoms. The van der Waals surface area contributed by atoms with Crippen LogP contribution in [0.15, 0.2) is 24.3 Å². The molecule has 0 radical (unpaired) electrons. The van der Waals surface area contributed by atoms with Crippen molar-refractivity contribution in [2.45, 2.75) is 219 Å². The fourth-order valence-electron chi connectivity index (χ4n) is 5.84. The third-order valence-electron chi connectivity index (χ3n) is 8.97. The highest BCUT2D eigenvalue weighted by Gasteiger charge is 2.16. The zero-order chi connectivity index (χ0) is 34.3.